The summed E-state index contributed by atoms with van der Waals surface area (Å²) >= 11 is 6.10. The largest absolute Gasteiger partial charge is 0.467 e. The minimum atomic E-state index is -0.529. The Balaban J connectivity index is 1.89. The molecule has 8 heteroatoms. The predicted octanol–water partition coefficient (Wildman–Crippen LogP) is 1.63. The molecule has 0 saturated carbocycles. The second-order valence-corrected chi connectivity index (χ2v) is 4.89. The van der Waals surface area contributed by atoms with Gasteiger partial charge in [0.05, 0.1) is 26.5 Å². The van der Waals surface area contributed by atoms with Crippen LogP contribution in [0.4, 0.5) is 0 Å². The smallest absolute Gasteiger partial charge is 0.360 e. The van der Waals surface area contributed by atoms with Crippen molar-refractivity contribution in [1.82, 2.24) is 15.0 Å². The van der Waals surface area contributed by atoms with Gasteiger partial charge < -0.3 is 14.2 Å². The normalized spacial score (nSPS) is 13.4. The van der Waals surface area contributed by atoms with Crippen LogP contribution in [-0.4, -0.2) is 34.9 Å². The zero-order valence-corrected chi connectivity index (χ0v) is 12.0. The maximum Gasteiger partial charge on any atom is 0.360 e. The minimum Gasteiger partial charge on any atom is -0.467 e. The molecular formula is C13H12ClN3O4. The molecule has 110 valence electrons. The molecule has 0 radical (unpaired) electrons. The van der Waals surface area contributed by atoms with Gasteiger partial charge in [0.15, 0.2) is 12.5 Å². The van der Waals surface area contributed by atoms with Gasteiger partial charge >= 0.3 is 5.97 Å². The first-order chi connectivity index (χ1) is 10.2. The van der Waals surface area contributed by atoms with Gasteiger partial charge in [0.2, 0.25) is 0 Å². The van der Waals surface area contributed by atoms with Gasteiger partial charge in [0.1, 0.15) is 5.75 Å². The summed E-state index contributed by atoms with van der Waals surface area (Å²) < 4.78 is 16.9. The lowest BCUT2D eigenvalue weighted by atomic mass is 10.1. The van der Waals surface area contributed by atoms with Crippen molar-refractivity contribution in [2.75, 3.05) is 13.9 Å². The van der Waals surface area contributed by atoms with E-state index in [1.807, 2.05) is 0 Å². The van der Waals surface area contributed by atoms with Gasteiger partial charge in [-0.25, -0.2) is 9.48 Å². The lowest BCUT2D eigenvalue weighted by molar-refractivity contribution is -0.0171. The minimum absolute atomic E-state index is 0.151. The van der Waals surface area contributed by atoms with Crippen LogP contribution in [0, 0.1) is 0 Å². The highest BCUT2D eigenvalue weighted by molar-refractivity contribution is 6.30. The highest BCUT2D eigenvalue weighted by Gasteiger charge is 2.18. The zero-order chi connectivity index (χ0) is 14.8. The molecule has 0 spiro atoms. The van der Waals surface area contributed by atoms with E-state index in [4.69, 9.17) is 21.1 Å². The molecule has 0 fully saturated rings. The number of carbonyl (C=O) groups excluding carboxylic acids is 1. The van der Waals surface area contributed by atoms with Crippen molar-refractivity contribution in [3.05, 3.63) is 40.2 Å². The van der Waals surface area contributed by atoms with Gasteiger partial charge in [-0.05, 0) is 12.1 Å². The Bertz CT molecular complexity index is 686. The van der Waals surface area contributed by atoms with E-state index in [2.05, 4.69) is 15.0 Å². The van der Waals surface area contributed by atoms with Crippen molar-refractivity contribution < 1.29 is 19.0 Å². The molecule has 7 nitrogen and oxygen atoms in total. The monoisotopic (exact) mass is 309 g/mol. The molecule has 2 aromatic rings. The summed E-state index contributed by atoms with van der Waals surface area (Å²) in [5.41, 5.74) is 1.89. The van der Waals surface area contributed by atoms with Crippen LogP contribution in [0.15, 0.2) is 18.3 Å². The van der Waals surface area contributed by atoms with Gasteiger partial charge in [-0.1, -0.05) is 16.8 Å². The Morgan fingerprint density at radius 2 is 2.38 bits per heavy atom. The van der Waals surface area contributed by atoms with Crippen LogP contribution in [-0.2, 0) is 22.6 Å². The molecular weight excluding hydrogens is 298 g/mol. The molecule has 0 atom stereocenters. The summed E-state index contributed by atoms with van der Waals surface area (Å²) in [4.78, 5) is 11.4. The SMILES string of the molecule is COC(=O)c1cn(Cc2cc(Cl)cc3c2OCOC3)nn1. The summed E-state index contributed by atoms with van der Waals surface area (Å²) in [7, 11) is 1.29. The number of hydrogen-bond donors (Lipinski definition) is 0. The highest BCUT2D eigenvalue weighted by Crippen LogP contribution is 2.32. The number of carbonyl (C=O) groups is 1. The van der Waals surface area contributed by atoms with Crippen LogP contribution in [0.25, 0.3) is 0 Å². The zero-order valence-electron chi connectivity index (χ0n) is 11.2. The quantitative estimate of drug-likeness (QED) is 0.802. The molecule has 3 rings (SSSR count). The van der Waals surface area contributed by atoms with E-state index in [0.29, 0.717) is 18.2 Å². The summed E-state index contributed by atoms with van der Waals surface area (Å²) in [6.07, 6.45) is 1.51. The van der Waals surface area contributed by atoms with Gasteiger partial charge in [-0.15, -0.1) is 5.10 Å². The Kier molecular flexibility index (Phi) is 3.76. The first-order valence-corrected chi connectivity index (χ1v) is 6.55. The van der Waals surface area contributed by atoms with Crippen LogP contribution in [0.3, 0.4) is 0 Å². The molecule has 0 amide bonds. The fourth-order valence-corrected chi connectivity index (χ4v) is 2.39. The Labute approximate surface area is 125 Å². The summed E-state index contributed by atoms with van der Waals surface area (Å²) in [6.45, 7) is 1.03. The number of aromatic nitrogens is 3. The fourth-order valence-electron chi connectivity index (χ4n) is 2.12. The van der Waals surface area contributed by atoms with Crippen molar-refractivity contribution in [3.63, 3.8) is 0 Å². The number of hydrogen-bond acceptors (Lipinski definition) is 6. The molecule has 0 aliphatic carbocycles. The molecule has 21 heavy (non-hydrogen) atoms. The van der Waals surface area contributed by atoms with Gasteiger partial charge in [0.25, 0.3) is 0 Å². The van der Waals surface area contributed by atoms with E-state index in [-0.39, 0.29) is 12.5 Å². The van der Waals surface area contributed by atoms with Crippen LogP contribution in [0.5, 0.6) is 5.75 Å². The standard InChI is InChI=1S/C13H12ClN3O4/c1-19-13(18)11-5-17(16-15-11)4-8-2-10(14)3-9-6-20-7-21-12(8)9/h2-3,5H,4,6-7H2,1H3. The molecule has 0 bridgehead atoms. The molecule has 0 N–H and O–H groups in total. The summed E-state index contributed by atoms with van der Waals surface area (Å²) in [6, 6.07) is 3.60. The third kappa shape index (κ3) is 2.84. The Hall–Kier alpha value is -2.12. The lowest BCUT2D eigenvalue weighted by Gasteiger charge is -2.21. The number of nitrogens with zero attached hydrogens (tertiary/aromatic N) is 3. The third-order valence-electron chi connectivity index (χ3n) is 3.02. The number of rotatable bonds is 3. The van der Waals surface area contributed by atoms with Crippen LogP contribution in [0.2, 0.25) is 5.02 Å². The second-order valence-electron chi connectivity index (χ2n) is 4.46. The first kappa shape index (κ1) is 13.8. The van der Waals surface area contributed by atoms with Crippen LogP contribution in [0.1, 0.15) is 21.6 Å². The van der Waals surface area contributed by atoms with Crippen molar-refractivity contribution in [1.29, 1.82) is 0 Å². The number of benzene rings is 1. The number of fused-ring (bicyclic) bond motifs is 1. The van der Waals surface area contributed by atoms with E-state index in [1.165, 1.54) is 18.0 Å². The van der Waals surface area contributed by atoms with Crippen molar-refractivity contribution >= 4 is 17.6 Å². The average Bonchev–Trinajstić information content (AvgIpc) is 2.95. The second kappa shape index (κ2) is 5.71. The maximum atomic E-state index is 11.4. The Morgan fingerprint density at radius 3 is 3.19 bits per heavy atom. The van der Waals surface area contributed by atoms with Crippen molar-refractivity contribution in [2.45, 2.75) is 13.2 Å². The number of esters is 1. The molecule has 1 aliphatic heterocycles. The topological polar surface area (TPSA) is 75.5 Å². The lowest BCUT2D eigenvalue weighted by Crippen LogP contribution is -2.14. The van der Waals surface area contributed by atoms with E-state index in [1.54, 1.807) is 12.1 Å². The first-order valence-electron chi connectivity index (χ1n) is 6.17. The number of methoxy groups -OCH3 is 1. The van der Waals surface area contributed by atoms with Gasteiger partial charge in [-0.3, -0.25) is 0 Å². The van der Waals surface area contributed by atoms with E-state index >= 15 is 0 Å². The summed E-state index contributed by atoms with van der Waals surface area (Å²) in [5.74, 6) is 0.208. The fraction of sp³-hybridized carbons (Fsp3) is 0.308. The van der Waals surface area contributed by atoms with Crippen molar-refractivity contribution in [2.24, 2.45) is 0 Å². The van der Waals surface area contributed by atoms with E-state index in [0.717, 1.165) is 16.9 Å². The summed E-state index contributed by atoms with van der Waals surface area (Å²) in [5, 5.41) is 8.24. The molecule has 0 unspecified atom stereocenters. The van der Waals surface area contributed by atoms with E-state index in [9.17, 15) is 4.79 Å². The van der Waals surface area contributed by atoms with E-state index < -0.39 is 5.97 Å². The average molecular weight is 310 g/mol. The van der Waals surface area contributed by atoms with Crippen LogP contribution >= 0.6 is 11.6 Å². The molecule has 1 aromatic heterocycles. The maximum absolute atomic E-state index is 11.4. The molecule has 2 heterocycles. The number of ether oxygens (including phenoxy) is 3. The van der Waals surface area contributed by atoms with Gasteiger partial charge in [-0.2, -0.15) is 0 Å². The third-order valence-corrected chi connectivity index (χ3v) is 3.24. The predicted molar refractivity (Wildman–Crippen MR) is 72.2 cm³/mol. The number of halogens is 1. The molecule has 0 saturated heterocycles. The highest BCUT2D eigenvalue weighted by atomic mass is 35.5. The Morgan fingerprint density at radius 1 is 1.52 bits per heavy atom. The molecule has 1 aliphatic rings. The molecule has 1 aromatic carbocycles. The van der Waals surface area contributed by atoms with Gasteiger partial charge in [0, 0.05) is 16.1 Å². The van der Waals surface area contributed by atoms with Crippen molar-refractivity contribution in [3.8, 4) is 5.75 Å². The van der Waals surface area contributed by atoms with Crippen LogP contribution < -0.4 is 4.74 Å².